The van der Waals surface area contributed by atoms with Gasteiger partial charge in [0.2, 0.25) is 11.9 Å². The summed E-state index contributed by atoms with van der Waals surface area (Å²) in [6, 6.07) is 37.5. The number of hydrogen-bond donors (Lipinski definition) is 2. The number of aliphatic hydroxyl groups is 1. The Kier molecular flexibility index (Phi) is 15.4. The van der Waals surface area contributed by atoms with E-state index in [1.165, 1.54) is 42.0 Å². The molecule has 0 bridgehead atoms. The van der Waals surface area contributed by atoms with E-state index in [-0.39, 0.29) is 28.7 Å². The van der Waals surface area contributed by atoms with Gasteiger partial charge in [-0.25, -0.2) is 14.4 Å². The zero-order chi connectivity index (χ0) is 43.2. The lowest BCUT2D eigenvalue weighted by Crippen LogP contribution is -2.66. The normalized spacial score (nSPS) is 19.6. The second kappa shape index (κ2) is 21.2. The van der Waals surface area contributed by atoms with Gasteiger partial charge in [-0.2, -0.15) is 0 Å². The molecule has 11 heteroatoms. The molecular weight excluding hydrogens is 777 g/mol. The first-order chi connectivity index (χ1) is 29.5. The number of carboxylic acid groups (broad SMARTS) is 1. The van der Waals surface area contributed by atoms with Gasteiger partial charge in [0.25, 0.3) is 0 Å². The minimum absolute atomic E-state index is 0.123. The lowest BCUT2D eigenvalue weighted by atomic mass is 9.84. The summed E-state index contributed by atoms with van der Waals surface area (Å²) in [5.41, 5.74) is 4.45. The summed E-state index contributed by atoms with van der Waals surface area (Å²) < 4.78 is 30.3. The van der Waals surface area contributed by atoms with Gasteiger partial charge < -0.3 is 33.9 Å². The van der Waals surface area contributed by atoms with E-state index in [9.17, 15) is 29.4 Å². The van der Waals surface area contributed by atoms with Crippen molar-refractivity contribution in [2.75, 3.05) is 13.2 Å². The standard InChI is InChI=1S/C50H50O11/c1-3-30-57-31-14-13-15-35-23-25-36(26-24-35)32-40-33-41(27-22-34(40)2)50(56)46(60-49(55)39-20-11-6-12-21-39)45(59-48(54)38-18-9-5-10-19-38)44(42(61-50)28-29-43(51)52)58-47(53)37-16-7-4-8-17-37/h3-12,16-27,33,42,44-46,56H,1,13-15,28-32H2,2H3,(H,51,52)/t42-,44-,45+,46-,50+/m1/s1. The Bertz CT molecular complexity index is 2240. The van der Waals surface area contributed by atoms with Crippen LogP contribution < -0.4 is 0 Å². The highest BCUT2D eigenvalue weighted by atomic mass is 16.7. The van der Waals surface area contributed by atoms with Crippen molar-refractivity contribution in [1.29, 1.82) is 0 Å². The molecule has 1 saturated heterocycles. The fourth-order valence-electron chi connectivity index (χ4n) is 7.23. The van der Waals surface area contributed by atoms with Crippen molar-refractivity contribution in [1.82, 2.24) is 0 Å². The Morgan fingerprint density at radius 3 is 1.80 bits per heavy atom. The van der Waals surface area contributed by atoms with Gasteiger partial charge in [-0.15, -0.1) is 6.58 Å². The van der Waals surface area contributed by atoms with Crippen LogP contribution in [0.1, 0.15) is 84.6 Å². The van der Waals surface area contributed by atoms with Crippen molar-refractivity contribution in [3.63, 3.8) is 0 Å². The third kappa shape index (κ3) is 11.7. The van der Waals surface area contributed by atoms with Gasteiger partial charge in [-0.05, 0) is 104 Å². The molecular formula is C50H50O11. The first-order valence-corrected chi connectivity index (χ1v) is 20.3. The van der Waals surface area contributed by atoms with E-state index in [2.05, 4.69) is 30.8 Å². The fraction of sp³-hybridized carbons (Fsp3) is 0.280. The highest BCUT2D eigenvalue weighted by molar-refractivity contribution is 5.91. The molecule has 2 N–H and O–H groups in total. The second-order valence-electron chi connectivity index (χ2n) is 14.9. The molecule has 0 spiro atoms. The van der Waals surface area contributed by atoms with Crippen LogP contribution in [0.3, 0.4) is 0 Å². The molecule has 0 radical (unpaired) electrons. The summed E-state index contributed by atoms with van der Waals surface area (Å²) in [6.45, 7) is 6.82. The number of carbonyl (C=O) groups excluding carboxylic acids is 3. The number of aliphatic carboxylic acids is 1. The molecule has 1 fully saturated rings. The van der Waals surface area contributed by atoms with Gasteiger partial charge in [0.05, 0.1) is 23.3 Å². The molecule has 5 aromatic carbocycles. The van der Waals surface area contributed by atoms with Gasteiger partial charge in [-0.3, -0.25) is 4.79 Å². The SMILES string of the molecule is C=CCOCCCCc1ccc(Cc2cc([C@]3(O)O[C@H](CCC(=O)O)[C@@H](OC(=O)c4ccccc4)[C@H](OC(=O)c4ccccc4)[C@H]3OC(=O)c3ccccc3)ccc2C)cc1. The molecule has 1 heterocycles. The van der Waals surface area contributed by atoms with Crippen LogP contribution in [0.25, 0.3) is 0 Å². The summed E-state index contributed by atoms with van der Waals surface area (Å²) in [5.74, 6) is -6.34. The summed E-state index contributed by atoms with van der Waals surface area (Å²) in [5, 5.41) is 22.8. The average Bonchev–Trinajstić information content (AvgIpc) is 3.28. The Balaban J connectivity index is 1.40. The maximum Gasteiger partial charge on any atom is 0.338 e. The predicted molar refractivity (Wildman–Crippen MR) is 227 cm³/mol. The van der Waals surface area contributed by atoms with Gasteiger partial charge in [-0.1, -0.05) is 97.1 Å². The fourth-order valence-corrected chi connectivity index (χ4v) is 7.23. The number of carbonyl (C=O) groups is 4. The van der Waals surface area contributed by atoms with E-state index in [4.69, 9.17) is 23.7 Å². The number of esters is 3. The smallest absolute Gasteiger partial charge is 0.338 e. The average molecular weight is 827 g/mol. The first-order valence-electron chi connectivity index (χ1n) is 20.3. The maximum atomic E-state index is 14.0. The molecule has 61 heavy (non-hydrogen) atoms. The van der Waals surface area contributed by atoms with E-state index in [1.807, 2.05) is 6.92 Å². The van der Waals surface area contributed by atoms with Crippen molar-refractivity contribution in [2.24, 2.45) is 0 Å². The molecule has 0 amide bonds. The van der Waals surface area contributed by atoms with Crippen molar-refractivity contribution in [2.45, 2.75) is 75.7 Å². The molecule has 6 rings (SSSR count). The van der Waals surface area contributed by atoms with Crippen LogP contribution in [0.2, 0.25) is 0 Å². The van der Waals surface area contributed by atoms with Crippen molar-refractivity contribution >= 4 is 23.9 Å². The second-order valence-corrected chi connectivity index (χ2v) is 14.9. The molecule has 1 aliphatic rings. The van der Waals surface area contributed by atoms with Crippen molar-refractivity contribution < 1.29 is 53.1 Å². The maximum absolute atomic E-state index is 14.0. The molecule has 0 aliphatic carbocycles. The molecule has 0 saturated carbocycles. The number of unbranched alkanes of at least 4 members (excludes halogenated alkanes) is 1. The summed E-state index contributed by atoms with van der Waals surface area (Å²) in [7, 11) is 0. The molecule has 5 aromatic rings. The largest absolute Gasteiger partial charge is 0.481 e. The van der Waals surface area contributed by atoms with E-state index < -0.39 is 60.5 Å². The molecule has 0 unspecified atom stereocenters. The zero-order valence-corrected chi connectivity index (χ0v) is 34.0. The quantitative estimate of drug-likeness (QED) is 0.0358. The molecule has 11 nitrogen and oxygen atoms in total. The van der Waals surface area contributed by atoms with Crippen LogP contribution in [0.5, 0.6) is 0 Å². The van der Waals surface area contributed by atoms with E-state index >= 15 is 0 Å². The van der Waals surface area contributed by atoms with Crippen LogP contribution in [0.4, 0.5) is 0 Å². The lowest BCUT2D eigenvalue weighted by molar-refractivity contribution is -0.352. The Labute approximate surface area is 355 Å². The summed E-state index contributed by atoms with van der Waals surface area (Å²) in [6.07, 6.45) is -2.22. The lowest BCUT2D eigenvalue weighted by Gasteiger charge is -2.49. The van der Waals surface area contributed by atoms with Crippen LogP contribution in [-0.2, 0) is 47.1 Å². The highest BCUT2D eigenvalue weighted by Crippen LogP contribution is 2.43. The van der Waals surface area contributed by atoms with Crippen molar-refractivity contribution in [3.05, 3.63) is 191 Å². The molecule has 5 atom stereocenters. The topological polar surface area (TPSA) is 155 Å². The predicted octanol–water partition coefficient (Wildman–Crippen LogP) is 8.20. The van der Waals surface area contributed by atoms with Gasteiger partial charge >= 0.3 is 23.9 Å². The zero-order valence-electron chi connectivity index (χ0n) is 34.0. The van der Waals surface area contributed by atoms with Gasteiger partial charge in [0.15, 0.2) is 12.2 Å². The minimum atomic E-state index is -2.56. The summed E-state index contributed by atoms with van der Waals surface area (Å²) >= 11 is 0. The van der Waals surface area contributed by atoms with Crippen LogP contribution in [0, 0.1) is 6.92 Å². The number of ether oxygens (including phenoxy) is 5. The summed E-state index contributed by atoms with van der Waals surface area (Å²) in [4.78, 5) is 53.7. The molecule has 316 valence electrons. The van der Waals surface area contributed by atoms with Crippen molar-refractivity contribution in [3.8, 4) is 0 Å². The number of benzene rings is 5. The Morgan fingerprint density at radius 2 is 1.25 bits per heavy atom. The third-order valence-electron chi connectivity index (χ3n) is 10.5. The van der Waals surface area contributed by atoms with E-state index in [1.54, 1.807) is 78.9 Å². The molecule has 1 aliphatic heterocycles. The van der Waals surface area contributed by atoms with Gasteiger partial charge in [0.1, 0.15) is 6.10 Å². The number of rotatable bonds is 19. The highest BCUT2D eigenvalue weighted by Gasteiger charge is 2.60. The Morgan fingerprint density at radius 1 is 0.705 bits per heavy atom. The first kappa shape index (κ1) is 44.2. The van der Waals surface area contributed by atoms with Crippen LogP contribution >= 0.6 is 0 Å². The third-order valence-corrected chi connectivity index (χ3v) is 10.5. The minimum Gasteiger partial charge on any atom is -0.481 e. The van der Waals surface area contributed by atoms with E-state index in [0.717, 1.165) is 36.0 Å². The monoisotopic (exact) mass is 826 g/mol. The number of carboxylic acids is 1. The number of hydrogen-bond acceptors (Lipinski definition) is 10. The van der Waals surface area contributed by atoms with E-state index in [0.29, 0.717) is 19.6 Å². The Hall–Kier alpha value is -6.40. The van der Waals surface area contributed by atoms with Gasteiger partial charge in [0, 0.05) is 18.6 Å². The van der Waals surface area contributed by atoms with Crippen LogP contribution in [0.15, 0.2) is 146 Å². The molecule has 0 aromatic heterocycles. The van der Waals surface area contributed by atoms with Crippen LogP contribution in [-0.4, -0.2) is 71.7 Å². The number of aryl methyl sites for hydroxylation is 2.